The number of halogens is 6. The number of nitrogens with two attached hydrogens (primary N) is 1. The summed E-state index contributed by atoms with van der Waals surface area (Å²) in [7, 11) is 16.9. The molecule has 518 valence electrons. The Kier molecular flexibility index (Phi) is 27.3. The SMILES string of the molecule is C=CC(=O)Nc1cc(N)c(OC)cc1N1CCC(N(C)C)CC1.C=CC(=O)Nc1cc(Nc2ncc(Cl)c(-c3cnn(C)c3)n2)c(OC)cc1N1CCC(N(C)C)CC1.Clc1ncc(Cl)c(Cl)n1.Cn1cc(-c2nc(Cl)ncc2Cl)cn1.Cn1cc(B2OC(C)(C)C(C)(C)O2)cn1. The van der Waals surface area contributed by atoms with Crippen molar-refractivity contribution >= 4 is 134 Å². The van der Waals surface area contributed by atoms with Gasteiger partial charge in [-0.3, -0.25) is 23.6 Å². The quantitative estimate of drug-likeness (QED) is 0.0244. The lowest BCUT2D eigenvalue weighted by Gasteiger charge is -2.37. The largest absolute Gasteiger partial charge is 0.498 e. The zero-order valence-electron chi connectivity index (χ0n) is 56.4. The fourth-order valence-electron chi connectivity index (χ4n) is 10.2. The van der Waals surface area contributed by atoms with Crippen LogP contribution < -0.4 is 46.4 Å². The average molecular weight is 1450 g/mol. The van der Waals surface area contributed by atoms with Gasteiger partial charge in [-0.1, -0.05) is 59.6 Å². The zero-order chi connectivity index (χ0) is 71.1. The highest BCUT2D eigenvalue weighted by Gasteiger charge is 2.52. The molecule has 0 aliphatic carbocycles. The molecule has 0 radical (unpaired) electrons. The van der Waals surface area contributed by atoms with Gasteiger partial charge in [0, 0.05) is 113 Å². The van der Waals surface area contributed by atoms with Gasteiger partial charge in [0.25, 0.3) is 0 Å². The molecular weight excluding hydrogens is 1370 g/mol. The fraction of sp³-hybridized carbons (Fsp3) is 0.391. The van der Waals surface area contributed by atoms with Crippen molar-refractivity contribution in [3.8, 4) is 34.0 Å². The highest BCUT2D eigenvalue weighted by Crippen LogP contribution is 2.41. The number of aryl methyl sites for hydroxylation is 3. The third kappa shape index (κ3) is 20.9. The Bertz CT molecular complexity index is 3990. The van der Waals surface area contributed by atoms with Gasteiger partial charge < -0.3 is 60.1 Å². The Balaban J connectivity index is 0.000000186. The maximum Gasteiger partial charge on any atom is 0.498 e. The van der Waals surface area contributed by atoms with Crippen LogP contribution in [0.1, 0.15) is 53.4 Å². The molecular formula is C64H81BCl6N20O6. The number of aromatic nitrogens is 12. The van der Waals surface area contributed by atoms with Crippen LogP contribution in [-0.4, -0.2) is 180 Å². The number of ether oxygens (including phenoxy) is 2. The third-order valence-corrected chi connectivity index (χ3v) is 17.8. The highest BCUT2D eigenvalue weighted by molar-refractivity contribution is 6.62. The van der Waals surface area contributed by atoms with Gasteiger partial charge in [0.2, 0.25) is 28.3 Å². The molecule has 3 fully saturated rings. The van der Waals surface area contributed by atoms with Gasteiger partial charge in [-0.25, -0.2) is 29.9 Å². The van der Waals surface area contributed by atoms with Crippen molar-refractivity contribution in [3.63, 3.8) is 0 Å². The lowest BCUT2D eigenvalue weighted by molar-refractivity contribution is -0.112. The molecule has 0 saturated carbocycles. The van der Waals surface area contributed by atoms with E-state index in [1.165, 1.54) is 30.7 Å². The molecule has 0 bridgehead atoms. The average Bonchev–Trinajstić information content (AvgIpc) is 1.45. The van der Waals surface area contributed by atoms with E-state index in [9.17, 15) is 9.59 Å². The molecule has 0 atom stereocenters. The molecule has 8 aromatic rings. The Labute approximate surface area is 595 Å². The van der Waals surface area contributed by atoms with Gasteiger partial charge >= 0.3 is 7.12 Å². The normalized spacial score (nSPS) is 15.0. The van der Waals surface area contributed by atoms with Gasteiger partial charge in [0.1, 0.15) is 11.5 Å². The molecule has 2 amide bonds. The number of methoxy groups -OCH3 is 2. The van der Waals surface area contributed by atoms with Crippen LogP contribution >= 0.6 is 69.6 Å². The lowest BCUT2D eigenvalue weighted by atomic mass is 9.82. The summed E-state index contributed by atoms with van der Waals surface area (Å²) in [5.41, 5.74) is 13.4. The number of carbonyl (C=O) groups is 2. The summed E-state index contributed by atoms with van der Waals surface area (Å²) < 4.78 is 27.9. The number of nitrogens with one attached hydrogen (secondary N) is 3. The van der Waals surface area contributed by atoms with E-state index in [1.807, 2.05) is 85.6 Å². The molecule has 5 N–H and O–H groups in total. The van der Waals surface area contributed by atoms with E-state index >= 15 is 0 Å². The van der Waals surface area contributed by atoms with E-state index in [-0.39, 0.29) is 45.9 Å². The monoisotopic (exact) mass is 1450 g/mol. The topological polar surface area (TPSA) is 277 Å². The van der Waals surface area contributed by atoms with Gasteiger partial charge in [-0.15, -0.1) is 0 Å². The van der Waals surface area contributed by atoms with E-state index in [0.29, 0.717) is 78.7 Å². The standard InChI is InChI=1S/C25H31ClN8O2.C17H26N4O2.C10H17BN2O2.C8H6Cl2N4.C4HCl3N2/c1-6-23(35)29-19-11-20(22(36-5)12-21(19)34-9-7-17(8-10-34)32(2)3)30-25-27-14-18(26)24(31-25)16-13-28-33(4)15-16;1-5-17(22)19-14-10-13(18)16(23-4)11-15(14)21-8-6-12(7-9-21)20(2)3;1-9(2)10(3,4)15-11(14-9)8-6-12-13(5)7-8;1-14-4-5(2-12-14)7-6(9)3-11-8(10)13-7;5-2-1-8-4(7)9-3(2)6/h6,11-15,17H,1,7-10H2,2-5H3,(H,29,35)(H,27,30,31);5,10-12H,1,6-9,18H2,2-4H3,(H,19,22);6-7H,1-5H3;2-4H,1H3;1H. The summed E-state index contributed by atoms with van der Waals surface area (Å²) in [5.74, 6) is 0.998. The predicted octanol–water partition coefficient (Wildman–Crippen LogP) is 11.2. The molecule has 11 rings (SSSR count). The van der Waals surface area contributed by atoms with E-state index in [2.05, 4.69) is 122 Å². The number of anilines is 7. The predicted molar refractivity (Wildman–Crippen MR) is 389 cm³/mol. The number of benzene rings is 2. The van der Waals surface area contributed by atoms with Gasteiger partial charge in [-0.05, 0) is 129 Å². The molecule has 3 aliphatic rings. The molecule has 3 saturated heterocycles. The fourth-order valence-corrected chi connectivity index (χ4v) is 11.1. The van der Waals surface area contributed by atoms with Crippen molar-refractivity contribution in [2.75, 3.05) is 100 Å². The number of nitrogens with zero attached hydrogens (tertiary/aromatic N) is 16. The number of amides is 2. The maximum atomic E-state index is 12.3. The molecule has 6 aromatic heterocycles. The molecule has 26 nitrogen and oxygen atoms in total. The van der Waals surface area contributed by atoms with E-state index in [1.54, 1.807) is 52.9 Å². The van der Waals surface area contributed by atoms with Crippen LogP contribution in [-0.2, 0) is 40.0 Å². The first-order chi connectivity index (χ1) is 45.9. The molecule has 0 spiro atoms. The summed E-state index contributed by atoms with van der Waals surface area (Å²) in [6.45, 7) is 18.8. The van der Waals surface area contributed by atoms with Gasteiger partial charge in [0.05, 0.1) is 117 Å². The van der Waals surface area contributed by atoms with Crippen LogP contribution in [0.2, 0.25) is 30.8 Å². The summed E-state index contributed by atoms with van der Waals surface area (Å²) in [5, 5.41) is 23.0. The number of hydrogen-bond acceptors (Lipinski definition) is 21. The summed E-state index contributed by atoms with van der Waals surface area (Å²) in [4.78, 5) is 56.9. The van der Waals surface area contributed by atoms with Crippen molar-refractivity contribution in [2.45, 2.75) is 76.7 Å². The first-order valence-electron chi connectivity index (χ1n) is 30.5. The minimum Gasteiger partial charge on any atom is -0.495 e. The minimum absolute atomic E-state index is 0.101. The summed E-state index contributed by atoms with van der Waals surface area (Å²) in [6, 6.07) is 8.52. The van der Waals surface area contributed by atoms with Crippen molar-refractivity contribution < 1.29 is 28.4 Å². The molecule has 0 unspecified atom stereocenters. The Morgan fingerprint density at radius 3 is 1.45 bits per heavy atom. The van der Waals surface area contributed by atoms with E-state index in [4.69, 9.17) is 94.1 Å². The van der Waals surface area contributed by atoms with Crippen LogP contribution in [0.5, 0.6) is 11.5 Å². The number of carbonyl (C=O) groups excluding carboxylic acids is 2. The number of piperidine rings is 2. The number of nitrogen functional groups attached to an aromatic ring is 1. The van der Waals surface area contributed by atoms with Crippen LogP contribution in [0.3, 0.4) is 0 Å². The molecule has 97 heavy (non-hydrogen) atoms. The Morgan fingerprint density at radius 2 is 1.03 bits per heavy atom. The van der Waals surface area contributed by atoms with Crippen LogP contribution in [0, 0.1) is 0 Å². The van der Waals surface area contributed by atoms with Crippen molar-refractivity contribution in [1.29, 1.82) is 0 Å². The van der Waals surface area contributed by atoms with Crippen LogP contribution in [0.4, 0.5) is 40.1 Å². The Morgan fingerprint density at radius 1 is 0.598 bits per heavy atom. The Hall–Kier alpha value is -7.83. The number of rotatable bonds is 15. The van der Waals surface area contributed by atoms with Gasteiger partial charge in [0.15, 0.2) is 5.15 Å². The van der Waals surface area contributed by atoms with Crippen LogP contribution in [0.15, 0.2) is 105 Å². The van der Waals surface area contributed by atoms with Crippen molar-refractivity contribution in [1.82, 2.24) is 69.0 Å². The van der Waals surface area contributed by atoms with Crippen molar-refractivity contribution in [2.24, 2.45) is 21.1 Å². The lowest BCUT2D eigenvalue weighted by Crippen LogP contribution is -2.42. The summed E-state index contributed by atoms with van der Waals surface area (Å²) in [6.07, 6.45) is 21.8. The van der Waals surface area contributed by atoms with E-state index < -0.39 is 0 Å². The first kappa shape index (κ1) is 76.5. The molecule has 3 aliphatic heterocycles. The highest BCUT2D eigenvalue weighted by atomic mass is 35.5. The molecule has 33 heteroatoms. The van der Waals surface area contributed by atoms with E-state index in [0.717, 1.165) is 79.8 Å². The first-order valence-corrected chi connectivity index (χ1v) is 32.7. The van der Waals surface area contributed by atoms with Gasteiger partial charge in [-0.2, -0.15) is 15.3 Å². The number of hydrogen-bond donors (Lipinski definition) is 4. The third-order valence-electron chi connectivity index (χ3n) is 16.2. The maximum absolute atomic E-state index is 12.3. The van der Waals surface area contributed by atoms with Crippen molar-refractivity contribution in [3.05, 3.63) is 136 Å². The minimum atomic E-state index is -0.302. The second-order valence-corrected chi connectivity index (χ2v) is 26.2. The zero-order valence-corrected chi connectivity index (χ0v) is 60.9. The van der Waals surface area contributed by atoms with Crippen LogP contribution in [0.25, 0.3) is 22.5 Å². The smallest absolute Gasteiger partial charge is 0.495 e. The second kappa shape index (κ2) is 34.6. The molecule has 2 aromatic carbocycles. The second-order valence-electron chi connectivity index (χ2n) is 23.9. The summed E-state index contributed by atoms with van der Waals surface area (Å²) >= 11 is 34.2. The molecule has 9 heterocycles.